The molecule has 7 nitrogen and oxygen atoms in total. The Labute approximate surface area is 144 Å². The molecule has 2 heterocycles. The van der Waals surface area contributed by atoms with E-state index >= 15 is 0 Å². The lowest BCUT2D eigenvalue weighted by molar-refractivity contribution is 0.0696. The van der Waals surface area contributed by atoms with E-state index in [1.165, 1.54) is 27.2 Å². The van der Waals surface area contributed by atoms with Crippen molar-refractivity contribution >= 4 is 27.8 Å². The lowest BCUT2D eigenvalue weighted by Crippen LogP contribution is -2.38. The first-order valence-corrected chi connectivity index (χ1v) is 9.95. The zero-order valence-corrected chi connectivity index (χ0v) is 14.7. The molecule has 0 bridgehead atoms. The SMILES string of the molecule is Cc1cnn(-c2cc(C(=O)O)cc(S(=O)(=O)N3CCSCC3)c2)c1. The summed E-state index contributed by atoms with van der Waals surface area (Å²) < 4.78 is 28.6. The Morgan fingerprint density at radius 1 is 1.25 bits per heavy atom. The number of hydrogen-bond donors (Lipinski definition) is 1. The minimum Gasteiger partial charge on any atom is -0.478 e. The molecule has 1 aliphatic heterocycles. The zero-order chi connectivity index (χ0) is 17.3. The number of thioether (sulfide) groups is 1. The molecule has 1 N–H and O–H groups in total. The maximum Gasteiger partial charge on any atom is 0.335 e. The summed E-state index contributed by atoms with van der Waals surface area (Å²) in [5.74, 6) is 0.304. The van der Waals surface area contributed by atoms with Gasteiger partial charge in [0, 0.05) is 30.8 Å². The van der Waals surface area contributed by atoms with Crippen molar-refractivity contribution in [3.63, 3.8) is 0 Å². The molecule has 3 rings (SSSR count). The molecule has 0 spiro atoms. The van der Waals surface area contributed by atoms with Crippen LogP contribution in [0.1, 0.15) is 15.9 Å². The Bertz CT molecular complexity index is 871. The van der Waals surface area contributed by atoms with Crippen LogP contribution in [0.4, 0.5) is 0 Å². The summed E-state index contributed by atoms with van der Waals surface area (Å²) in [4.78, 5) is 11.4. The van der Waals surface area contributed by atoms with Crippen LogP contribution in [0.2, 0.25) is 0 Å². The number of nitrogens with zero attached hydrogens (tertiary/aromatic N) is 3. The Morgan fingerprint density at radius 3 is 2.54 bits per heavy atom. The van der Waals surface area contributed by atoms with Crippen molar-refractivity contribution in [1.29, 1.82) is 0 Å². The molecule has 0 aliphatic carbocycles. The van der Waals surface area contributed by atoms with Gasteiger partial charge in [-0.3, -0.25) is 0 Å². The summed E-state index contributed by atoms with van der Waals surface area (Å²) in [6.45, 7) is 2.72. The van der Waals surface area contributed by atoms with E-state index in [0.717, 1.165) is 17.1 Å². The quantitative estimate of drug-likeness (QED) is 0.883. The second-order valence-electron chi connectivity index (χ2n) is 5.50. The summed E-state index contributed by atoms with van der Waals surface area (Å²) in [5.41, 5.74) is 1.23. The molecule has 24 heavy (non-hydrogen) atoms. The third-order valence-electron chi connectivity index (χ3n) is 3.72. The predicted octanol–water partition coefficient (Wildman–Crippen LogP) is 1.62. The van der Waals surface area contributed by atoms with E-state index in [1.54, 1.807) is 24.2 Å². The molecule has 0 amide bonds. The first-order valence-electron chi connectivity index (χ1n) is 7.36. The number of carboxylic acid groups (broad SMARTS) is 1. The molecule has 2 aromatic rings. The molecule has 128 valence electrons. The summed E-state index contributed by atoms with van der Waals surface area (Å²) in [6, 6.07) is 4.09. The smallest absolute Gasteiger partial charge is 0.335 e. The fourth-order valence-corrected chi connectivity index (χ4v) is 5.12. The van der Waals surface area contributed by atoms with Gasteiger partial charge in [-0.1, -0.05) is 0 Å². The van der Waals surface area contributed by atoms with E-state index in [1.807, 2.05) is 6.92 Å². The van der Waals surface area contributed by atoms with Gasteiger partial charge in [0.1, 0.15) is 0 Å². The second kappa shape index (κ2) is 6.58. The van der Waals surface area contributed by atoms with E-state index in [0.29, 0.717) is 18.8 Å². The molecule has 1 fully saturated rings. The highest BCUT2D eigenvalue weighted by Crippen LogP contribution is 2.24. The van der Waals surface area contributed by atoms with Crippen LogP contribution in [0.5, 0.6) is 0 Å². The maximum absolute atomic E-state index is 12.8. The van der Waals surface area contributed by atoms with E-state index in [4.69, 9.17) is 0 Å². The number of aryl methyl sites for hydroxylation is 1. The number of carbonyl (C=O) groups is 1. The van der Waals surface area contributed by atoms with Gasteiger partial charge in [0.25, 0.3) is 0 Å². The van der Waals surface area contributed by atoms with E-state index in [9.17, 15) is 18.3 Å². The Balaban J connectivity index is 2.09. The van der Waals surface area contributed by atoms with Crippen LogP contribution in [-0.4, -0.2) is 58.2 Å². The average molecular weight is 367 g/mol. The molecule has 9 heteroatoms. The summed E-state index contributed by atoms with van der Waals surface area (Å²) in [5, 5.41) is 13.5. The highest BCUT2D eigenvalue weighted by atomic mass is 32.2. The monoisotopic (exact) mass is 367 g/mol. The van der Waals surface area contributed by atoms with Crippen LogP contribution in [0.25, 0.3) is 5.69 Å². The van der Waals surface area contributed by atoms with Crippen LogP contribution in [0.15, 0.2) is 35.5 Å². The topological polar surface area (TPSA) is 92.5 Å². The number of aromatic nitrogens is 2. The van der Waals surface area contributed by atoms with Gasteiger partial charge in [-0.05, 0) is 30.7 Å². The summed E-state index contributed by atoms with van der Waals surface area (Å²) >= 11 is 1.71. The molecule has 1 saturated heterocycles. The first kappa shape index (κ1) is 17.0. The Kier molecular flexibility index (Phi) is 4.66. The second-order valence-corrected chi connectivity index (χ2v) is 8.66. The van der Waals surface area contributed by atoms with Gasteiger partial charge >= 0.3 is 5.97 Å². The number of aromatic carboxylic acids is 1. The molecule has 0 radical (unpaired) electrons. The van der Waals surface area contributed by atoms with E-state index < -0.39 is 16.0 Å². The number of hydrogen-bond acceptors (Lipinski definition) is 5. The summed E-state index contributed by atoms with van der Waals surface area (Å²) in [7, 11) is -3.73. The number of sulfonamides is 1. The van der Waals surface area contributed by atoms with Crippen molar-refractivity contribution in [1.82, 2.24) is 14.1 Å². The van der Waals surface area contributed by atoms with Gasteiger partial charge in [0.15, 0.2) is 0 Å². The lowest BCUT2D eigenvalue weighted by atomic mass is 10.2. The fourth-order valence-electron chi connectivity index (χ4n) is 2.48. The Morgan fingerprint density at radius 2 is 1.96 bits per heavy atom. The highest BCUT2D eigenvalue weighted by molar-refractivity contribution is 7.99. The van der Waals surface area contributed by atoms with Crippen molar-refractivity contribution in [3.8, 4) is 5.69 Å². The van der Waals surface area contributed by atoms with Gasteiger partial charge < -0.3 is 5.11 Å². The molecular formula is C15H17N3O4S2. The predicted molar refractivity (Wildman–Crippen MR) is 91.3 cm³/mol. The minimum absolute atomic E-state index is 0.0162. The lowest BCUT2D eigenvalue weighted by Gasteiger charge is -2.26. The zero-order valence-electron chi connectivity index (χ0n) is 13.0. The molecule has 1 aromatic carbocycles. The van der Waals surface area contributed by atoms with Gasteiger partial charge in [-0.25, -0.2) is 17.9 Å². The molecule has 0 atom stereocenters. The summed E-state index contributed by atoms with van der Waals surface area (Å²) in [6.07, 6.45) is 3.35. The number of rotatable bonds is 4. The van der Waals surface area contributed by atoms with E-state index in [2.05, 4.69) is 5.10 Å². The van der Waals surface area contributed by atoms with Crippen LogP contribution in [0, 0.1) is 6.92 Å². The minimum atomic E-state index is -3.73. The van der Waals surface area contributed by atoms with Crippen molar-refractivity contribution in [2.45, 2.75) is 11.8 Å². The Hall–Kier alpha value is -1.84. The molecule has 1 aromatic heterocycles. The maximum atomic E-state index is 12.8. The third-order valence-corrected chi connectivity index (χ3v) is 6.54. The number of benzene rings is 1. The van der Waals surface area contributed by atoms with Gasteiger partial charge in [0.2, 0.25) is 10.0 Å². The van der Waals surface area contributed by atoms with Crippen molar-refractivity contribution < 1.29 is 18.3 Å². The van der Waals surface area contributed by atoms with Gasteiger partial charge in [-0.2, -0.15) is 21.2 Å². The standard InChI is InChI=1S/C15H17N3O4S2/c1-11-9-16-18(10-11)13-6-12(15(19)20)7-14(8-13)24(21,22)17-2-4-23-5-3-17/h6-10H,2-5H2,1H3,(H,19,20). The van der Waals surface area contributed by atoms with Crippen LogP contribution < -0.4 is 0 Å². The molecule has 1 aliphatic rings. The van der Waals surface area contributed by atoms with Gasteiger partial charge in [-0.15, -0.1) is 0 Å². The number of carboxylic acids is 1. The van der Waals surface area contributed by atoms with Crippen LogP contribution in [0.3, 0.4) is 0 Å². The highest BCUT2D eigenvalue weighted by Gasteiger charge is 2.27. The van der Waals surface area contributed by atoms with Gasteiger partial charge in [0.05, 0.1) is 22.3 Å². The third kappa shape index (κ3) is 3.33. The fraction of sp³-hybridized carbons (Fsp3) is 0.333. The van der Waals surface area contributed by atoms with Crippen LogP contribution in [-0.2, 0) is 10.0 Å². The van der Waals surface area contributed by atoms with Crippen LogP contribution >= 0.6 is 11.8 Å². The van der Waals surface area contributed by atoms with Crippen molar-refractivity contribution in [3.05, 3.63) is 41.7 Å². The molecular weight excluding hydrogens is 350 g/mol. The van der Waals surface area contributed by atoms with Crippen molar-refractivity contribution in [2.75, 3.05) is 24.6 Å². The largest absolute Gasteiger partial charge is 0.478 e. The average Bonchev–Trinajstić information content (AvgIpc) is 3.01. The first-order chi connectivity index (χ1) is 11.4. The van der Waals surface area contributed by atoms with E-state index in [-0.39, 0.29) is 10.5 Å². The molecule has 0 saturated carbocycles. The molecule has 0 unspecified atom stereocenters. The normalized spacial score (nSPS) is 16.2. The van der Waals surface area contributed by atoms with Crippen molar-refractivity contribution in [2.24, 2.45) is 0 Å².